The van der Waals surface area contributed by atoms with Gasteiger partial charge in [-0.1, -0.05) is 6.92 Å². The molecule has 0 amide bonds. The molecule has 2 rings (SSSR count). The molecular formula is C10H13NO2S. The molecule has 0 bridgehead atoms. The molecule has 14 heavy (non-hydrogen) atoms. The molecule has 0 spiro atoms. The minimum absolute atomic E-state index is 0.413. The lowest BCUT2D eigenvalue weighted by Crippen LogP contribution is -2.38. The third-order valence-corrected chi connectivity index (χ3v) is 3.71. The molecule has 1 atom stereocenters. The van der Waals surface area contributed by atoms with Crippen molar-refractivity contribution in [3.63, 3.8) is 0 Å². The zero-order chi connectivity index (χ0) is 10.1. The van der Waals surface area contributed by atoms with E-state index < -0.39 is 12.0 Å². The van der Waals surface area contributed by atoms with Crippen molar-refractivity contribution in [2.75, 3.05) is 13.1 Å². The molecule has 76 valence electrons. The molecule has 4 heteroatoms. The van der Waals surface area contributed by atoms with Crippen molar-refractivity contribution in [2.45, 2.75) is 19.4 Å². The van der Waals surface area contributed by atoms with Crippen LogP contribution < -0.4 is 0 Å². The van der Waals surface area contributed by atoms with Gasteiger partial charge in [-0.05, 0) is 30.0 Å². The number of carboxylic acids is 1. The highest BCUT2D eigenvalue weighted by Crippen LogP contribution is 2.33. The molecule has 0 saturated heterocycles. The topological polar surface area (TPSA) is 40.5 Å². The lowest BCUT2D eigenvalue weighted by molar-refractivity contribution is -0.143. The molecule has 0 aliphatic carbocycles. The second-order valence-electron chi connectivity index (χ2n) is 3.43. The maximum absolute atomic E-state index is 11.1. The maximum Gasteiger partial charge on any atom is 0.326 e. The zero-order valence-corrected chi connectivity index (χ0v) is 8.88. The monoisotopic (exact) mass is 211 g/mol. The van der Waals surface area contributed by atoms with Crippen LogP contribution in [0.5, 0.6) is 0 Å². The molecule has 1 aliphatic heterocycles. The highest BCUT2D eigenvalue weighted by molar-refractivity contribution is 7.10. The minimum Gasteiger partial charge on any atom is -0.480 e. The summed E-state index contributed by atoms with van der Waals surface area (Å²) in [6.07, 6.45) is 0.983. The summed E-state index contributed by atoms with van der Waals surface area (Å²) >= 11 is 1.56. The van der Waals surface area contributed by atoms with Gasteiger partial charge in [-0.15, -0.1) is 11.3 Å². The number of rotatable bonds is 2. The van der Waals surface area contributed by atoms with E-state index in [1.54, 1.807) is 11.3 Å². The molecule has 0 saturated carbocycles. The van der Waals surface area contributed by atoms with Gasteiger partial charge in [0.05, 0.1) is 0 Å². The van der Waals surface area contributed by atoms with E-state index in [9.17, 15) is 4.79 Å². The summed E-state index contributed by atoms with van der Waals surface area (Å²) in [5.74, 6) is -0.727. The molecule has 3 nitrogen and oxygen atoms in total. The average Bonchev–Trinajstić information content (AvgIpc) is 2.62. The molecule has 0 aromatic carbocycles. The van der Waals surface area contributed by atoms with Crippen molar-refractivity contribution < 1.29 is 9.90 Å². The maximum atomic E-state index is 11.1. The first kappa shape index (κ1) is 9.68. The Morgan fingerprint density at radius 1 is 1.79 bits per heavy atom. The predicted octanol–water partition coefficient (Wildman–Crippen LogP) is 1.75. The molecule has 1 aromatic rings. The highest BCUT2D eigenvalue weighted by atomic mass is 32.1. The number of fused-ring (bicyclic) bond motifs is 1. The van der Waals surface area contributed by atoms with Gasteiger partial charge in [0.2, 0.25) is 0 Å². The van der Waals surface area contributed by atoms with Crippen LogP contribution in [-0.4, -0.2) is 29.1 Å². The van der Waals surface area contributed by atoms with Gasteiger partial charge < -0.3 is 5.11 Å². The van der Waals surface area contributed by atoms with Crippen LogP contribution in [0.4, 0.5) is 0 Å². The molecule has 1 aromatic heterocycles. The number of nitrogens with zero attached hydrogens (tertiary/aromatic N) is 1. The fourth-order valence-corrected chi connectivity index (χ4v) is 3.04. The van der Waals surface area contributed by atoms with Crippen molar-refractivity contribution in [1.82, 2.24) is 4.90 Å². The van der Waals surface area contributed by atoms with Crippen LogP contribution in [0, 0.1) is 0 Å². The standard InChI is InChI=1S/C10H13NO2S/c1-2-11-5-3-7-4-6-14-9(7)8(11)10(12)13/h4,6,8H,2-3,5H2,1H3,(H,12,13)/t8-/m1/s1. The summed E-state index contributed by atoms with van der Waals surface area (Å²) < 4.78 is 0. The van der Waals surface area contributed by atoms with Crippen LogP contribution in [-0.2, 0) is 11.2 Å². The van der Waals surface area contributed by atoms with E-state index in [0.29, 0.717) is 0 Å². The van der Waals surface area contributed by atoms with E-state index in [0.717, 1.165) is 24.4 Å². The fourth-order valence-electron chi connectivity index (χ4n) is 1.96. The van der Waals surface area contributed by atoms with E-state index in [1.165, 1.54) is 5.56 Å². The van der Waals surface area contributed by atoms with Crippen LogP contribution in [0.25, 0.3) is 0 Å². The van der Waals surface area contributed by atoms with Gasteiger partial charge in [-0.3, -0.25) is 9.69 Å². The van der Waals surface area contributed by atoms with E-state index in [-0.39, 0.29) is 0 Å². The Hall–Kier alpha value is -0.870. The molecular weight excluding hydrogens is 198 g/mol. The van der Waals surface area contributed by atoms with Gasteiger partial charge in [0.15, 0.2) is 0 Å². The number of aliphatic carboxylic acids is 1. The van der Waals surface area contributed by atoms with Crippen molar-refractivity contribution >= 4 is 17.3 Å². The smallest absolute Gasteiger partial charge is 0.326 e. The van der Waals surface area contributed by atoms with Crippen molar-refractivity contribution in [3.05, 3.63) is 21.9 Å². The Balaban J connectivity index is 2.38. The van der Waals surface area contributed by atoms with Crippen LogP contribution >= 0.6 is 11.3 Å². The van der Waals surface area contributed by atoms with Gasteiger partial charge in [0, 0.05) is 11.4 Å². The summed E-state index contributed by atoms with van der Waals surface area (Å²) in [7, 11) is 0. The molecule has 2 heterocycles. The summed E-state index contributed by atoms with van der Waals surface area (Å²) in [6, 6.07) is 1.63. The van der Waals surface area contributed by atoms with E-state index >= 15 is 0 Å². The second kappa shape index (κ2) is 3.71. The van der Waals surface area contributed by atoms with E-state index in [1.807, 2.05) is 23.3 Å². The number of likely N-dealkylation sites (N-methyl/N-ethyl adjacent to an activating group) is 1. The van der Waals surface area contributed by atoms with E-state index in [2.05, 4.69) is 0 Å². The van der Waals surface area contributed by atoms with Crippen LogP contribution in [0.1, 0.15) is 23.4 Å². The van der Waals surface area contributed by atoms with Crippen molar-refractivity contribution in [3.8, 4) is 0 Å². The Kier molecular flexibility index (Phi) is 2.56. The minimum atomic E-state index is -0.727. The Morgan fingerprint density at radius 2 is 2.57 bits per heavy atom. The molecule has 1 aliphatic rings. The van der Waals surface area contributed by atoms with Crippen LogP contribution in [0.3, 0.4) is 0 Å². The first-order chi connectivity index (χ1) is 6.74. The molecule has 0 radical (unpaired) electrons. The molecule has 0 unspecified atom stereocenters. The summed E-state index contributed by atoms with van der Waals surface area (Å²) in [5, 5.41) is 11.2. The first-order valence-corrected chi connectivity index (χ1v) is 5.65. The number of carbonyl (C=O) groups is 1. The van der Waals surface area contributed by atoms with E-state index in [4.69, 9.17) is 5.11 Å². The quantitative estimate of drug-likeness (QED) is 0.810. The van der Waals surface area contributed by atoms with Crippen molar-refractivity contribution in [2.24, 2.45) is 0 Å². The van der Waals surface area contributed by atoms with Gasteiger partial charge in [-0.2, -0.15) is 0 Å². The molecule has 0 fully saturated rings. The molecule has 1 N–H and O–H groups in total. The third kappa shape index (κ3) is 1.44. The first-order valence-electron chi connectivity index (χ1n) is 4.77. The Bertz CT molecular complexity index is 348. The number of carboxylic acid groups (broad SMARTS) is 1. The largest absolute Gasteiger partial charge is 0.480 e. The van der Waals surface area contributed by atoms with Crippen LogP contribution in [0.2, 0.25) is 0 Å². The number of hydrogen-bond donors (Lipinski definition) is 1. The SMILES string of the molecule is CCN1CCc2ccsc2[C@@H]1C(=O)O. The van der Waals surface area contributed by atoms with Crippen LogP contribution in [0.15, 0.2) is 11.4 Å². The van der Waals surface area contributed by atoms with Gasteiger partial charge in [0.1, 0.15) is 6.04 Å². The van der Waals surface area contributed by atoms with Crippen molar-refractivity contribution in [1.29, 1.82) is 0 Å². The normalized spacial score (nSPS) is 21.9. The Morgan fingerprint density at radius 3 is 3.21 bits per heavy atom. The number of hydrogen-bond acceptors (Lipinski definition) is 3. The van der Waals surface area contributed by atoms with Gasteiger partial charge >= 0.3 is 5.97 Å². The fraction of sp³-hybridized carbons (Fsp3) is 0.500. The lowest BCUT2D eigenvalue weighted by Gasteiger charge is -2.31. The number of thiophene rings is 1. The summed E-state index contributed by atoms with van der Waals surface area (Å²) in [6.45, 7) is 3.67. The summed E-state index contributed by atoms with van der Waals surface area (Å²) in [5.41, 5.74) is 1.21. The second-order valence-corrected chi connectivity index (χ2v) is 4.38. The Labute approximate surface area is 87.0 Å². The lowest BCUT2D eigenvalue weighted by atomic mass is 10.0. The third-order valence-electron chi connectivity index (χ3n) is 2.70. The van der Waals surface area contributed by atoms with Gasteiger partial charge in [-0.25, -0.2) is 0 Å². The predicted molar refractivity (Wildman–Crippen MR) is 55.6 cm³/mol. The zero-order valence-electron chi connectivity index (χ0n) is 8.06. The average molecular weight is 211 g/mol. The summed E-state index contributed by atoms with van der Waals surface area (Å²) in [4.78, 5) is 14.2. The highest BCUT2D eigenvalue weighted by Gasteiger charge is 2.32. The van der Waals surface area contributed by atoms with Gasteiger partial charge in [0.25, 0.3) is 0 Å².